The van der Waals surface area contributed by atoms with Crippen LogP contribution in [0.4, 0.5) is 5.82 Å². The van der Waals surface area contributed by atoms with E-state index in [1.54, 1.807) is 0 Å². The van der Waals surface area contributed by atoms with Gasteiger partial charge < -0.3 is 9.88 Å². The molecule has 2 aromatic rings. The normalized spacial score (nSPS) is 11.1. The minimum absolute atomic E-state index is 0.341. The summed E-state index contributed by atoms with van der Waals surface area (Å²) in [5.74, 6) is 1.63. The van der Waals surface area contributed by atoms with E-state index in [0.29, 0.717) is 6.04 Å². The van der Waals surface area contributed by atoms with Gasteiger partial charge in [0.2, 0.25) is 0 Å². The summed E-state index contributed by atoms with van der Waals surface area (Å²) in [6.07, 6.45) is 5.71. The van der Waals surface area contributed by atoms with Crippen LogP contribution in [0.1, 0.15) is 45.9 Å². The summed E-state index contributed by atoms with van der Waals surface area (Å²) in [6.45, 7) is 9.34. The van der Waals surface area contributed by atoms with Crippen molar-refractivity contribution in [3.63, 3.8) is 0 Å². The van der Waals surface area contributed by atoms with Crippen molar-refractivity contribution >= 4 is 5.82 Å². The molecule has 5 nitrogen and oxygen atoms in total. The molecule has 0 radical (unpaired) electrons. The van der Waals surface area contributed by atoms with Crippen LogP contribution in [0.25, 0.3) is 11.5 Å². The first-order valence-electron chi connectivity index (χ1n) is 7.29. The number of hydrogen-bond acceptors (Lipinski definition) is 4. The van der Waals surface area contributed by atoms with Crippen molar-refractivity contribution in [3.8, 4) is 11.5 Å². The Bertz CT molecular complexity index is 535. The monoisotopic (exact) mass is 273 g/mol. The van der Waals surface area contributed by atoms with Gasteiger partial charge in [-0.1, -0.05) is 13.3 Å². The Labute approximate surface area is 120 Å². The van der Waals surface area contributed by atoms with Gasteiger partial charge in [0.05, 0.1) is 12.5 Å². The Morgan fingerprint density at radius 2 is 2.05 bits per heavy atom. The lowest BCUT2D eigenvalue weighted by Gasteiger charge is -2.13. The van der Waals surface area contributed by atoms with Crippen LogP contribution in [0, 0.1) is 0 Å². The van der Waals surface area contributed by atoms with Gasteiger partial charge in [0.15, 0.2) is 5.82 Å². The number of aryl methyl sites for hydroxylation is 1. The first kappa shape index (κ1) is 14.5. The molecule has 2 aromatic heterocycles. The molecular formula is C15H23N5. The smallest absolute Gasteiger partial charge is 0.180 e. The fourth-order valence-corrected chi connectivity index (χ4v) is 2.16. The molecule has 0 unspecified atom stereocenters. The Balaban J connectivity index is 2.46. The summed E-state index contributed by atoms with van der Waals surface area (Å²) in [5.41, 5.74) is 2.04. The minimum atomic E-state index is 0.341. The SMILES string of the molecule is CCCc1cc(NCC)nc(-c2cncn2C(C)C)n1. The molecule has 0 bridgehead atoms. The predicted octanol–water partition coefficient (Wildman–Crippen LogP) is 3.31. The standard InChI is InChI=1S/C15H23N5/c1-5-7-12-8-14(17-6-2)19-15(18-12)13-9-16-10-20(13)11(3)4/h8-11H,5-7H2,1-4H3,(H,17,18,19). The van der Waals surface area contributed by atoms with Crippen LogP contribution in [0.5, 0.6) is 0 Å². The molecule has 0 fully saturated rings. The lowest BCUT2D eigenvalue weighted by molar-refractivity contribution is 0.603. The third-order valence-corrected chi connectivity index (χ3v) is 3.09. The van der Waals surface area contributed by atoms with Gasteiger partial charge >= 0.3 is 0 Å². The Kier molecular flexibility index (Phi) is 4.71. The molecule has 0 aromatic carbocycles. The molecule has 108 valence electrons. The second-order valence-electron chi connectivity index (χ2n) is 5.13. The largest absolute Gasteiger partial charge is 0.370 e. The highest BCUT2D eigenvalue weighted by Gasteiger charge is 2.12. The predicted molar refractivity (Wildman–Crippen MR) is 81.8 cm³/mol. The highest BCUT2D eigenvalue weighted by molar-refractivity contribution is 5.53. The molecule has 0 aliphatic rings. The molecule has 5 heteroatoms. The van der Waals surface area contributed by atoms with Gasteiger partial charge in [-0.25, -0.2) is 15.0 Å². The Morgan fingerprint density at radius 3 is 2.70 bits per heavy atom. The van der Waals surface area contributed by atoms with Gasteiger partial charge in [-0.05, 0) is 27.2 Å². The van der Waals surface area contributed by atoms with Crippen LogP contribution in [0.3, 0.4) is 0 Å². The summed E-state index contributed by atoms with van der Waals surface area (Å²) >= 11 is 0. The van der Waals surface area contributed by atoms with Crippen LogP contribution < -0.4 is 5.32 Å². The van der Waals surface area contributed by atoms with Crippen LogP contribution in [-0.4, -0.2) is 26.1 Å². The van der Waals surface area contributed by atoms with Gasteiger partial charge in [-0.15, -0.1) is 0 Å². The van der Waals surface area contributed by atoms with E-state index in [9.17, 15) is 0 Å². The highest BCUT2D eigenvalue weighted by atomic mass is 15.1. The fourth-order valence-electron chi connectivity index (χ4n) is 2.16. The minimum Gasteiger partial charge on any atom is -0.370 e. The van der Waals surface area contributed by atoms with Crippen LogP contribution in [0.15, 0.2) is 18.6 Å². The van der Waals surface area contributed by atoms with Crippen molar-refractivity contribution in [2.45, 2.75) is 46.6 Å². The topological polar surface area (TPSA) is 55.6 Å². The van der Waals surface area contributed by atoms with Crippen molar-refractivity contribution in [2.24, 2.45) is 0 Å². The average Bonchev–Trinajstić information content (AvgIpc) is 2.88. The molecule has 2 heterocycles. The van der Waals surface area contributed by atoms with Crippen molar-refractivity contribution < 1.29 is 0 Å². The number of rotatable bonds is 6. The summed E-state index contributed by atoms with van der Waals surface area (Å²) in [6, 6.07) is 2.38. The molecule has 0 spiro atoms. The summed E-state index contributed by atoms with van der Waals surface area (Å²) < 4.78 is 2.10. The van der Waals surface area contributed by atoms with E-state index in [0.717, 1.165) is 42.4 Å². The van der Waals surface area contributed by atoms with Crippen LogP contribution in [-0.2, 0) is 6.42 Å². The number of nitrogens with one attached hydrogen (secondary N) is 1. The van der Waals surface area contributed by atoms with E-state index in [-0.39, 0.29) is 0 Å². The molecule has 0 aliphatic carbocycles. The number of imidazole rings is 1. The third kappa shape index (κ3) is 3.15. The fraction of sp³-hybridized carbons (Fsp3) is 0.533. The van der Waals surface area contributed by atoms with E-state index in [1.807, 2.05) is 18.6 Å². The molecule has 0 atom stereocenters. The molecule has 2 rings (SSSR count). The van der Waals surface area contributed by atoms with E-state index >= 15 is 0 Å². The summed E-state index contributed by atoms with van der Waals surface area (Å²) in [7, 11) is 0. The average molecular weight is 273 g/mol. The van der Waals surface area contributed by atoms with Crippen molar-refractivity contribution in [2.75, 3.05) is 11.9 Å². The zero-order valence-corrected chi connectivity index (χ0v) is 12.7. The lowest BCUT2D eigenvalue weighted by Crippen LogP contribution is -2.07. The van der Waals surface area contributed by atoms with E-state index < -0.39 is 0 Å². The molecule has 0 amide bonds. The Hall–Kier alpha value is -1.91. The number of anilines is 1. The number of hydrogen-bond donors (Lipinski definition) is 1. The maximum atomic E-state index is 4.68. The third-order valence-electron chi connectivity index (χ3n) is 3.09. The van der Waals surface area contributed by atoms with E-state index in [2.05, 4.69) is 52.5 Å². The van der Waals surface area contributed by atoms with Crippen molar-refractivity contribution in [1.29, 1.82) is 0 Å². The van der Waals surface area contributed by atoms with Gasteiger partial charge in [0.25, 0.3) is 0 Å². The van der Waals surface area contributed by atoms with Crippen molar-refractivity contribution in [3.05, 3.63) is 24.3 Å². The zero-order chi connectivity index (χ0) is 14.5. The van der Waals surface area contributed by atoms with E-state index in [4.69, 9.17) is 0 Å². The first-order chi connectivity index (χ1) is 9.65. The van der Waals surface area contributed by atoms with E-state index in [1.165, 1.54) is 0 Å². The molecular weight excluding hydrogens is 250 g/mol. The molecule has 0 aliphatic heterocycles. The molecule has 1 N–H and O–H groups in total. The van der Waals surface area contributed by atoms with Crippen LogP contribution >= 0.6 is 0 Å². The van der Waals surface area contributed by atoms with Crippen LogP contribution in [0.2, 0.25) is 0 Å². The zero-order valence-electron chi connectivity index (χ0n) is 12.7. The molecule has 0 saturated carbocycles. The van der Waals surface area contributed by atoms with Crippen molar-refractivity contribution in [1.82, 2.24) is 19.5 Å². The second-order valence-corrected chi connectivity index (χ2v) is 5.13. The second kappa shape index (κ2) is 6.50. The maximum absolute atomic E-state index is 4.68. The van der Waals surface area contributed by atoms with Gasteiger partial charge in [-0.2, -0.15) is 0 Å². The number of nitrogens with zero attached hydrogens (tertiary/aromatic N) is 4. The van der Waals surface area contributed by atoms with Gasteiger partial charge in [0.1, 0.15) is 11.5 Å². The first-order valence-corrected chi connectivity index (χ1v) is 7.29. The highest BCUT2D eigenvalue weighted by Crippen LogP contribution is 2.21. The summed E-state index contributed by atoms with van der Waals surface area (Å²) in [5, 5.41) is 3.28. The molecule has 0 saturated heterocycles. The van der Waals surface area contributed by atoms with Gasteiger partial charge in [0, 0.05) is 24.3 Å². The quantitative estimate of drug-likeness (QED) is 0.877. The molecule has 20 heavy (non-hydrogen) atoms. The number of aromatic nitrogens is 4. The van der Waals surface area contributed by atoms with Gasteiger partial charge in [-0.3, -0.25) is 0 Å². The lowest BCUT2D eigenvalue weighted by atomic mass is 10.2. The summed E-state index contributed by atoms with van der Waals surface area (Å²) in [4.78, 5) is 13.5. The maximum Gasteiger partial charge on any atom is 0.180 e. The Morgan fingerprint density at radius 1 is 1.25 bits per heavy atom.